The van der Waals surface area contributed by atoms with Gasteiger partial charge in [-0.2, -0.15) is 0 Å². The molecule has 1 aliphatic rings. The summed E-state index contributed by atoms with van der Waals surface area (Å²) in [6.45, 7) is 0. The van der Waals surface area contributed by atoms with Crippen molar-refractivity contribution in [3.8, 4) is 0 Å². The zero-order chi connectivity index (χ0) is 15.0. The predicted molar refractivity (Wildman–Crippen MR) is 81.4 cm³/mol. The topological polar surface area (TPSA) is 85.1 Å². The van der Waals surface area contributed by atoms with Crippen LogP contribution in [0.4, 0.5) is 15.8 Å². The third-order valence-corrected chi connectivity index (χ3v) is 5.51. The lowest BCUT2D eigenvalue weighted by atomic mass is 10.1. The number of anilines is 2. The molecule has 21 heavy (non-hydrogen) atoms. The molecule has 0 bridgehead atoms. The molecule has 1 saturated heterocycles. The standard InChI is InChI=1S/C14H16FN3O2S/c15-11-7-12(16)10-4-1-5-17-13(10)14(11)18-9-3-2-6-21(19,20)8-9/h1,4-5,7,9,18H,2-3,6,8,16H2. The van der Waals surface area contributed by atoms with Crippen LogP contribution in [-0.2, 0) is 9.84 Å². The second-order valence-corrected chi connectivity index (χ2v) is 7.55. The van der Waals surface area contributed by atoms with Crippen molar-refractivity contribution >= 4 is 32.1 Å². The van der Waals surface area contributed by atoms with Crippen LogP contribution in [0.25, 0.3) is 10.9 Å². The van der Waals surface area contributed by atoms with Crippen molar-refractivity contribution in [3.05, 3.63) is 30.2 Å². The summed E-state index contributed by atoms with van der Waals surface area (Å²) in [6, 6.07) is 4.43. The summed E-state index contributed by atoms with van der Waals surface area (Å²) in [4.78, 5) is 4.17. The first-order valence-electron chi connectivity index (χ1n) is 6.76. The van der Waals surface area contributed by atoms with Crippen LogP contribution in [-0.4, -0.2) is 30.9 Å². The van der Waals surface area contributed by atoms with E-state index in [1.54, 1.807) is 18.3 Å². The maximum atomic E-state index is 14.2. The quantitative estimate of drug-likeness (QED) is 0.828. The summed E-state index contributed by atoms with van der Waals surface area (Å²) in [5, 5.41) is 3.66. The van der Waals surface area contributed by atoms with Crippen LogP contribution in [0.15, 0.2) is 24.4 Å². The average molecular weight is 309 g/mol. The summed E-state index contributed by atoms with van der Waals surface area (Å²) in [7, 11) is -3.06. The van der Waals surface area contributed by atoms with Gasteiger partial charge in [-0.3, -0.25) is 4.98 Å². The zero-order valence-electron chi connectivity index (χ0n) is 11.3. The maximum absolute atomic E-state index is 14.2. The fourth-order valence-electron chi connectivity index (χ4n) is 2.72. The molecular formula is C14H16FN3O2S. The molecule has 7 heteroatoms. The van der Waals surface area contributed by atoms with Crippen molar-refractivity contribution in [2.24, 2.45) is 0 Å². The fraction of sp³-hybridized carbons (Fsp3) is 0.357. The number of benzene rings is 1. The van der Waals surface area contributed by atoms with Gasteiger partial charge < -0.3 is 11.1 Å². The molecule has 1 aromatic heterocycles. The molecule has 1 aromatic carbocycles. The summed E-state index contributed by atoms with van der Waals surface area (Å²) in [6.07, 6.45) is 2.84. The first-order chi connectivity index (χ1) is 9.96. The normalized spacial score (nSPS) is 21.3. The van der Waals surface area contributed by atoms with E-state index in [1.807, 2.05) is 0 Å². The Morgan fingerprint density at radius 3 is 3.00 bits per heavy atom. The molecule has 0 spiro atoms. The van der Waals surface area contributed by atoms with E-state index in [2.05, 4.69) is 10.3 Å². The first-order valence-corrected chi connectivity index (χ1v) is 8.58. The van der Waals surface area contributed by atoms with E-state index in [1.165, 1.54) is 6.07 Å². The molecule has 2 heterocycles. The van der Waals surface area contributed by atoms with Crippen LogP contribution in [0, 0.1) is 5.82 Å². The van der Waals surface area contributed by atoms with Crippen LogP contribution in [0.5, 0.6) is 0 Å². The Labute approximate surface area is 122 Å². The van der Waals surface area contributed by atoms with Gasteiger partial charge in [0.25, 0.3) is 0 Å². The van der Waals surface area contributed by atoms with Gasteiger partial charge in [0.2, 0.25) is 0 Å². The summed E-state index contributed by atoms with van der Waals surface area (Å²) in [5.41, 5.74) is 6.77. The van der Waals surface area contributed by atoms with Gasteiger partial charge in [0, 0.05) is 23.3 Å². The van der Waals surface area contributed by atoms with Crippen LogP contribution >= 0.6 is 0 Å². The number of sulfone groups is 1. The van der Waals surface area contributed by atoms with Crippen LogP contribution in [0.3, 0.4) is 0 Å². The molecule has 0 aliphatic carbocycles. The molecule has 5 nitrogen and oxygen atoms in total. The third kappa shape index (κ3) is 2.78. The number of rotatable bonds is 2. The third-order valence-electron chi connectivity index (χ3n) is 3.69. The second kappa shape index (κ2) is 5.14. The van der Waals surface area contributed by atoms with Gasteiger partial charge in [-0.25, -0.2) is 12.8 Å². The van der Waals surface area contributed by atoms with E-state index in [-0.39, 0.29) is 23.2 Å². The van der Waals surface area contributed by atoms with Crippen molar-refractivity contribution in [1.82, 2.24) is 4.98 Å². The Morgan fingerprint density at radius 1 is 1.43 bits per heavy atom. The van der Waals surface area contributed by atoms with Gasteiger partial charge in [0.15, 0.2) is 15.7 Å². The molecule has 2 aromatic rings. The number of hydrogen-bond acceptors (Lipinski definition) is 5. The van der Waals surface area contributed by atoms with Crippen molar-refractivity contribution in [2.75, 3.05) is 22.6 Å². The predicted octanol–water partition coefficient (Wildman–Crippen LogP) is 1.95. The van der Waals surface area contributed by atoms with Gasteiger partial charge in [-0.05, 0) is 31.0 Å². The molecule has 112 valence electrons. The van der Waals surface area contributed by atoms with Gasteiger partial charge in [0.05, 0.1) is 22.7 Å². The number of pyridine rings is 1. The highest BCUT2D eigenvalue weighted by atomic mass is 32.2. The molecule has 1 aliphatic heterocycles. The number of nitrogens with two attached hydrogens (primary N) is 1. The molecule has 0 radical (unpaired) electrons. The molecule has 1 fully saturated rings. The molecule has 1 atom stereocenters. The maximum Gasteiger partial charge on any atom is 0.152 e. The number of fused-ring (bicyclic) bond motifs is 1. The van der Waals surface area contributed by atoms with E-state index in [0.717, 1.165) is 0 Å². The van der Waals surface area contributed by atoms with Gasteiger partial charge in [-0.15, -0.1) is 0 Å². The SMILES string of the molecule is Nc1cc(F)c(NC2CCCS(=O)(=O)C2)c2ncccc12. The Hall–Kier alpha value is -1.89. The highest BCUT2D eigenvalue weighted by Gasteiger charge is 2.26. The van der Waals surface area contributed by atoms with Crippen molar-refractivity contribution in [1.29, 1.82) is 0 Å². The number of nitrogens with one attached hydrogen (secondary N) is 1. The van der Waals surface area contributed by atoms with Gasteiger partial charge in [-0.1, -0.05) is 0 Å². The number of halogens is 1. The van der Waals surface area contributed by atoms with Crippen molar-refractivity contribution in [2.45, 2.75) is 18.9 Å². The van der Waals surface area contributed by atoms with E-state index < -0.39 is 15.7 Å². The number of nitrogen functional groups attached to an aromatic ring is 1. The lowest BCUT2D eigenvalue weighted by Gasteiger charge is -2.24. The van der Waals surface area contributed by atoms with E-state index in [4.69, 9.17) is 5.73 Å². The minimum Gasteiger partial charge on any atom is -0.398 e. The summed E-state index contributed by atoms with van der Waals surface area (Å²) < 4.78 is 37.6. The molecular weight excluding hydrogens is 293 g/mol. The highest BCUT2D eigenvalue weighted by Crippen LogP contribution is 2.31. The fourth-order valence-corrected chi connectivity index (χ4v) is 4.35. The van der Waals surface area contributed by atoms with Crippen LogP contribution in [0.1, 0.15) is 12.8 Å². The minimum absolute atomic E-state index is 0.0190. The number of hydrogen-bond donors (Lipinski definition) is 2. The average Bonchev–Trinajstić information content (AvgIpc) is 2.42. The molecule has 3 rings (SSSR count). The van der Waals surface area contributed by atoms with Crippen molar-refractivity contribution < 1.29 is 12.8 Å². The lowest BCUT2D eigenvalue weighted by molar-refractivity contribution is 0.559. The molecule has 0 amide bonds. The molecule has 3 N–H and O–H groups in total. The lowest BCUT2D eigenvalue weighted by Crippen LogP contribution is -2.35. The van der Waals surface area contributed by atoms with E-state index in [0.29, 0.717) is 29.4 Å². The Morgan fingerprint density at radius 2 is 2.24 bits per heavy atom. The van der Waals surface area contributed by atoms with Gasteiger partial charge >= 0.3 is 0 Å². The minimum atomic E-state index is -3.06. The highest BCUT2D eigenvalue weighted by molar-refractivity contribution is 7.91. The van der Waals surface area contributed by atoms with Crippen molar-refractivity contribution in [3.63, 3.8) is 0 Å². The Balaban J connectivity index is 2.01. The van der Waals surface area contributed by atoms with E-state index in [9.17, 15) is 12.8 Å². The monoisotopic (exact) mass is 309 g/mol. The van der Waals surface area contributed by atoms with Crippen LogP contribution in [0.2, 0.25) is 0 Å². The molecule has 1 unspecified atom stereocenters. The van der Waals surface area contributed by atoms with Crippen LogP contribution < -0.4 is 11.1 Å². The number of nitrogens with zero attached hydrogens (tertiary/aromatic N) is 1. The first kappa shape index (κ1) is 14.1. The molecule has 0 saturated carbocycles. The van der Waals surface area contributed by atoms with Gasteiger partial charge in [0.1, 0.15) is 0 Å². The van der Waals surface area contributed by atoms with E-state index >= 15 is 0 Å². The zero-order valence-corrected chi connectivity index (χ0v) is 12.2. The Bertz CT molecular complexity index is 792. The second-order valence-electron chi connectivity index (χ2n) is 5.32. The summed E-state index contributed by atoms with van der Waals surface area (Å²) >= 11 is 0. The largest absolute Gasteiger partial charge is 0.398 e. The number of aromatic nitrogens is 1. The summed E-state index contributed by atoms with van der Waals surface area (Å²) in [5.74, 6) is -0.291. The Kier molecular flexibility index (Phi) is 3.44. The smallest absolute Gasteiger partial charge is 0.152 e.